The van der Waals surface area contributed by atoms with Crippen molar-refractivity contribution in [3.05, 3.63) is 16.6 Å². The van der Waals surface area contributed by atoms with Crippen molar-refractivity contribution in [2.24, 2.45) is 0 Å². The van der Waals surface area contributed by atoms with Gasteiger partial charge in [-0.05, 0) is 12.8 Å². The minimum atomic E-state index is -0.283. The predicted octanol–water partition coefficient (Wildman–Crippen LogP) is 2.07. The summed E-state index contributed by atoms with van der Waals surface area (Å²) in [7, 11) is 0. The van der Waals surface area contributed by atoms with Gasteiger partial charge in [0.05, 0.1) is 11.1 Å². The molecule has 68 valence electrons. The Balaban J connectivity index is 2.22. The first kappa shape index (κ1) is 9.96. The SMILES string of the molecule is OC(CCCCl)Cc1nccs1. The maximum atomic E-state index is 9.46. The van der Waals surface area contributed by atoms with Crippen LogP contribution in [0.3, 0.4) is 0 Å². The van der Waals surface area contributed by atoms with Crippen LogP contribution in [-0.2, 0) is 6.42 Å². The summed E-state index contributed by atoms with van der Waals surface area (Å²) >= 11 is 7.08. The van der Waals surface area contributed by atoms with E-state index in [2.05, 4.69) is 4.98 Å². The second-order valence-corrected chi connectivity index (χ2v) is 3.97. The van der Waals surface area contributed by atoms with Crippen molar-refractivity contribution in [1.82, 2.24) is 4.98 Å². The summed E-state index contributed by atoms with van der Waals surface area (Å²) in [6.07, 6.45) is 3.77. The van der Waals surface area contributed by atoms with Crippen molar-refractivity contribution >= 4 is 22.9 Å². The number of aromatic nitrogens is 1. The van der Waals surface area contributed by atoms with Crippen molar-refractivity contribution in [3.63, 3.8) is 0 Å². The highest BCUT2D eigenvalue weighted by molar-refractivity contribution is 7.09. The molecule has 12 heavy (non-hydrogen) atoms. The van der Waals surface area contributed by atoms with Gasteiger partial charge < -0.3 is 5.11 Å². The standard InChI is InChI=1S/C8H12ClNOS/c9-3-1-2-7(11)6-8-10-4-5-12-8/h4-5,7,11H,1-3,6H2. The van der Waals surface area contributed by atoms with Gasteiger partial charge in [0.25, 0.3) is 0 Å². The third kappa shape index (κ3) is 3.52. The molecule has 0 saturated carbocycles. The Morgan fingerprint density at radius 3 is 3.08 bits per heavy atom. The lowest BCUT2D eigenvalue weighted by Gasteiger charge is -2.06. The Labute approximate surface area is 81.2 Å². The van der Waals surface area contributed by atoms with Crippen LogP contribution in [0.2, 0.25) is 0 Å². The molecule has 0 radical (unpaired) electrons. The number of nitrogens with zero attached hydrogens (tertiary/aromatic N) is 1. The molecule has 0 fully saturated rings. The largest absolute Gasteiger partial charge is 0.393 e. The van der Waals surface area contributed by atoms with E-state index in [1.165, 1.54) is 0 Å². The number of aliphatic hydroxyl groups excluding tert-OH is 1. The first-order valence-corrected chi connectivity index (χ1v) is 5.36. The van der Waals surface area contributed by atoms with Crippen LogP contribution in [0.1, 0.15) is 17.8 Å². The van der Waals surface area contributed by atoms with Gasteiger partial charge in [-0.25, -0.2) is 4.98 Å². The van der Waals surface area contributed by atoms with E-state index in [4.69, 9.17) is 11.6 Å². The Bertz CT molecular complexity index is 203. The molecule has 0 amide bonds. The van der Waals surface area contributed by atoms with Crippen molar-refractivity contribution in [3.8, 4) is 0 Å². The fourth-order valence-corrected chi connectivity index (χ4v) is 1.81. The number of hydrogen-bond acceptors (Lipinski definition) is 3. The third-order valence-corrected chi connectivity index (χ3v) is 2.63. The van der Waals surface area contributed by atoms with E-state index >= 15 is 0 Å². The Morgan fingerprint density at radius 2 is 2.50 bits per heavy atom. The molecule has 0 aliphatic carbocycles. The maximum Gasteiger partial charge on any atom is 0.0950 e. The predicted molar refractivity (Wildman–Crippen MR) is 51.8 cm³/mol. The molecular formula is C8H12ClNOS. The molecule has 2 nitrogen and oxygen atoms in total. The summed E-state index contributed by atoms with van der Waals surface area (Å²) in [6.45, 7) is 0. The average molecular weight is 206 g/mol. The lowest BCUT2D eigenvalue weighted by molar-refractivity contribution is 0.164. The lowest BCUT2D eigenvalue weighted by atomic mass is 10.1. The molecule has 0 aromatic carbocycles. The molecule has 4 heteroatoms. The van der Waals surface area contributed by atoms with Crippen LogP contribution in [0.4, 0.5) is 0 Å². The second kappa shape index (κ2) is 5.51. The second-order valence-electron chi connectivity index (χ2n) is 2.62. The van der Waals surface area contributed by atoms with Crippen LogP contribution in [-0.4, -0.2) is 22.1 Å². The van der Waals surface area contributed by atoms with Crippen molar-refractivity contribution in [2.75, 3.05) is 5.88 Å². The molecule has 1 unspecified atom stereocenters. The normalized spacial score (nSPS) is 13.2. The van der Waals surface area contributed by atoms with E-state index in [-0.39, 0.29) is 6.10 Å². The zero-order chi connectivity index (χ0) is 8.81. The summed E-state index contributed by atoms with van der Waals surface area (Å²) in [5.41, 5.74) is 0. The molecule has 0 aliphatic heterocycles. The minimum Gasteiger partial charge on any atom is -0.393 e. The summed E-state index contributed by atoms with van der Waals surface area (Å²) in [6, 6.07) is 0. The van der Waals surface area contributed by atoms with E-state index in [1.807, 2.05) is 5.38 Å². The van der Waals surface area contributed by atoms with Gasteiger partial charge in [0.1, 0.15) is 0 Å². The molecule has 0 bridgehead atoms. The highest BCUT2D eigenvalue weighted by Gasteiger charge is 2.06. The smallest absolute Gasteiger partial charge is 0.0950 e. The number of hydrogen-bond donors (Lipinski definition) is 1. The molecule has 1 aromatic heterocycles. The van der Waals surface area contributed by atoms with E-state index in [0.29, 0.717) is 12.3 Å². The highest BCUT2D eigenvalue weighted by Crippen LogP contribution is 2.10. The molecular weight excluding hydrogens is 194 g/mol. The Morgan fingerprint density at radius 1 is 1.67 bits per heavy atom. The number of halogens is 1. The summed E-state index contributed by atoms with van der Waals surface area (Å²) in [4.78, 5) is 4.09. The van der Waals surface area contributed by atoms with E-state index in [0.717, 1.165) is 17.8 Å². The van der Waals surface area contributed by atoms with E-state index < -0.39 is 0 Å². The van der Waals surface area contributed by atoms with E-state index in [1.54, 1.807) is 17.5 Å². The third-order valence-electron chi connectivity index (χ3n) is 1.56. The number of alkyl halides is 1. The van der Waals surface area contributed by atoms with Crippen molar-refractivity contribution in [1.29, 1.82) is 0 Å². The minimum absolute atomic E-state index is 0.283. The Hall–Kier alpha value is -0.120. The zero-order valence-electron chi connectivity index (χ0n) is 6.74. The monoisotopic (exact) mass is 205 g/mol. The number of thiazole rings is 1. The molecule has 1 rings (SSSR count). The summed E-state index contributed by atoms with van der Waals surface area (Å²) in [5, 5.41) is 12.4. The molecule has 0 spiro atoms. The molecule has 1 atom stereocenters. The Kier molecular flexibility index (Phi) is 4.58. The summed E-state index contributed by atoms with van der Waals surface area (Å²) in [5.74, 6) is 0.620. The van der Waals surface area contributed by atoms with Gasteiger partial charge in [-0.15, -0.1) is 22.9 Å². The maximum absolute atomic E-state index is 9.46. The van der Waals surface area contributed by atoms with Crippen molar-refractivity contribution in [2.45, 2.75) is 25.4 Å². The van der Waals surface area contributed by atoms with Crippen LogP contribution < -0.4 is 0 Å². The van der Waals surface area contributed by atoms with Gasteiger partial charge in [0.15, 0.2) is 0 Å². The number of rotatable bonds is 5. The lowest BCUT2D eigenvalue weighted by Crippen LogP contribution is -2.10. The molecule has 1 aromatic rings. The average Bonchev–Trinajstić information content (AvgIpc) is 2.53. The molecule has 1 N–H and O–H groups in total. The van der Waals surface area contributed by atoms with Gasteiger partial charge in [0, 0.05) is 23.9 Å². The quantitative estimate of drug-likeness (QED) is 0.747. The van der Waals surface area contributed by atoms with Crippen LogP contribution in [0, 0.1) is 0 Å². The van der Waals surface area contributed by atoms with Crippen LogP contribution in [0.15, 0.2) is 11.6 Å². The van der Waals surface area contributed by atoms with Gasteiger partial charge in [0.2, 0.25) is 0 Å². The molecule has 0 aliphatic rings. The molecule has 1 heterocycles. The summed E-state index contributed by atoms with van der Waals surface area (Å²) < 4.78 is 0. The molecule has 0 saturated heterocycles. The fourth-order valence-electron chi connectivity index (χ4n) is 0.970. The van der Waals surface area contributed by atoms with Crippen molar-refractivity contribution < 1.29 is 5.11 Å². The van der Waals surface area contributed by atoms with Gasteiger partial charge in [-0.2, -0.15) is 0 Å². The first-order chi connectivity index (χ1) is 5.83. The van der Waals surface area contributed by atoms with Gasteiger partial charge in [-0.1, -0.05) is 0 Å². The van der Waals surface area contributed by atoms with Gasteiger partial charge >= 0.3 is 0 Å². The van der Waals surface area contributed by atoms with Gasteiger partial charge in [-0.3, -0.25) is 0 Å². The topological polar surface area (TPSA) is 33.1 Å². The van der Waals surface area contributed by atoms with Crippen LogP contribution in [0.5, 0.6) is 0 Å². The van der Waals surface area contributed by atoms with Crippen LogP contribution in [0.25, 0.3) is 0 Å². The fraction of sp³-hybridized carbons (Fsp3) is 0.625. The number of aliphatic hydroxyl groups is 1. The zero-order valence-corrected chi connectivity index (χ0v) is 8.31. The highest BCUT2D eigenvalue weighted by atomic mass is 35.5. The van der Waals surface area contributed by atoms with E-state index in [9.17, 15) is 5.11 Å². The first-order valence-electron chi connectivity index (χ1n) is 3.95. The van der Waals surface area contributed by atoms with Crippen LogP contribution >= 0.6 is 22.9 Å².